The second-order valence-corrected chi connectivity index (χ2v) is 8.67. The Kier molecular flexibility index (Phi) is 6.77. The molecule has 4 N–H and O–H groups in total. The number of fused-ring (bicyclic) bond motifs is 1. The van der Waals surface area contributed by atoms with Gasteiger partial charge in [-0.2, -0.15) is 5.10 Å². The first-order chi connectivity index (χ1) is 18.8. The highest BCUT2D eigenvalue weighted by Crippen LogP contribution is 2.29. The lowest BCUT2D eigenvalue weighted by atomic mass is 9.89. The minimum absolute atomic E-state index is 0.00377. The molecule has 0 fully saturated rings. The van der Waals surface area contributed by atoms with Gasteiger partial charge in [0.1, 0.15) is 23.0 Å². The summed E-state index contributed by atoms with van der Waals surface area (Å²) in [5.74, 6) is 8.34. The maximum atomic E-state index is 14.7. The summed E-state index contributed by atoms with van der Waals surface area (Å²) < 4.78 is 30.1. The molecule has 1 unspecified atom stereocenters. The molecule has 0 aliphatic heterocycles. The lowest BCUT2D eigenvalue weighted by molar-refractivity contribution is 0.1000. The molecule has 0 spiro atoms. The average Bonchev–Trinajstić information content (AvgIpc) is 3.60. The Morgan fingerprint density at radius 3 is 2.77 bits per heavy atom. The van der Waals surface area contributed by atoms with Gasteiger partial charge in [0, 0.05) is 48.9 Å². The van der Waals surface area contributed by atoms with Crippen LogP contribution in [0.3, 0.4) is 0 Å². The minimum Gasteiger partial charge on any atom is -0.366 e. The number of nitrogens with one attached hydrogen (secondary N) is 2. The Hall–Kier alpha value is -5.48. The number of aryl methyl sites for hydroxylation is 1. The number of carbonyl (C=O) groups is 1. The van der Waals surface area contributed by atoms with Crippen LogP contribution >= 0.6 is 0 Å². The van der Waals surface area contributed by atoms with E-state index in [4.69, 9.17) is 5.73 Å². The maximum Gasteiger partial charge on any atom is 0.254 e. The second-order valence-electron chi connectivity index (χ2n) is 8.67. The van der Waals surface area contributed by atoms with Gasteiger partial charge < -0.3 is 15.3 Å². The number of pyridine rings is 2. The highest BCUT2D eigenvalue weighted by atomic mass is 19.1. The fourth-order valence-corrected chi connectivity index (χ4v) is 4.29. The van der Waals surface area contributed by atoms with Gasteiger partial charge in [0.05, 0.1) is 16.8 Å². The molecule has 1 atom stereocenters. The molecule has 192 valence electrons. The van der Waals surface area contributed by atoms with Crippen LogP contribution in [0.2, 0.25) is 0 Å². The summed E-state index contributed by atoms with van der Waals surface area (Å²) >= 11 is 0. The van der Waals surface area contributed by atoms with Crippen LogP contribution in [0.5, 0.6) is 0 Å². The normalized spacial score (nSPS) is 11.4. The first-order valence-corrected chi connectivity index (χ1v) is 11.7. The van der Waals surface area contributed by atoms with Crippen molar-refractivity contribution in [2.75, 3.05) is 0 Å². The molecule has 8 nitrogen and oxygen atoms in total. The number of halogens is 2. The number of carbonyl (C=O) groups excluding carboxylic acids is 1. The third-order valence-electron chi connectivity index (χ3n) is 6.21. The van der Waals surface area contributed by atoms with Gasteiger partial charge in [-0.05, 0) is 53.8 Å². The number of benzene rings is 1. The number of aromatic nitrogens is 5. The summed E-state index contributed by atoms with van der Waals surface area (Å²) in [6.45, 7) is 0. The quantitative estimate of drug-likeness (QED) is 0.305. The zero-order chi connectivity index (χ0) is 27.5. The van der Waals surface area contributed by atoms with Crippen LogP contribution in [-0.2, 0) is 7.05 Å². The second kappa shape index (κ2) is 10.5. The van der Waals surface area contributed by atoms with E-state index in [2.05, 4.69) is 43.8 Å². The van der Waals surface area contributed by atoms with Crippen LogP contribution in [0.25, 0.3) is 22.4 Å². The summed E-state index contributed by atoms with van der Waals surface area (Å²) in [6, 6.07) is 9.86. The number of H-pyrrole nitrogens is 2. The van der Waals surface area contributed by atoms with Crippen molar-refractivity contribution < 1.29 is 13.6 Å². The summed E-state index contributed by atoms with van der Waals surface area (Å²) in [6.07, 6.45) is 4.58. The first-order valence-electron chi connectivity index (χ1n) is 11.7. The topological polar surface area (TPSA) is 122 Å². The number of hydrogen-bond acceptors (Lipinski definition) is 4. The Morgan fingerprint density at radius 1 is 1.15 bits per heavy atom. The van der Waals surface area contributed by atoms with E-state index in [0.717, 1.165) is 18.2 Å². The van der Waals surface area contributed by atoms with Gasteiger partial charge in [0.2, 0.25) is 0 Å². The Labute approximate surface area is 220 Å². The minimum atomic E-state index is -0.829. The van der Waals surface area contributed by atoms with Crippen molar-refractivity contribution in [3.05, 3.63) is 105 Å². The van der Waals surface area contributed by atoms with Gasteiger partial charge in [-0.1, -0.05) is 17.9 Å². The third kappa shape index (κ3) is 5.04. The molecule has 39 heavy (non-hydrogen) atoms. The Bertz CT molecular complexity index is 1900. The maximum absolute atomic E-state index is 14.7. The molecule has 0 aliphatic carbocycles. The molecule has 5 rings (SSSR count). The standard InChI is InChI=1S/C29H20F2N6O2/c1-37-13-5-8-20(29(37)39)18(21-14-17(30)9-10-24(21)31)6-3-2-4-7-19-22-15-26(25-11-12-34-36-25)35-28(22)33-16-23(19)27(32)38/h5,8-16,18H,6H2,1H3,(H2,32,38)(H,33,35)(H,34,36). The van der Waals surface area contributed by atoms with Crippen LogP contribution in [0.4, 0.5) is 8.78 Å². The largest absolute Gasteiger partial charge is 0.366 e. The number of aromatic amines is 2. The number of amides is 1. The van der Waals surface area contributed by atoms with E-state index < -0.39 is 23.5 Å². The fourth-order valence-electron chi connectivity index (χ4n) is 4.29. The van der Waals surface area contributed by atoms with Gasteiger partial charge in [-0.3, -0.25) is 14.7 Å². The molecule has 10 heteroatoms. The fraction of sp³-hybridized carbons (Fsp3) is 0.103. The lowest BCUT2D eigenvalue weighted by Crippen LogP contribution is -2.23. The zero-order valence-electron chi connectivity index (χ0n) is 20.5. The number of primary amides is 1. The van der Waals surface area contributed by atoms with E-state index in [1.54, 1.807) is 43.7 Å². The molecule has 1 amide bonds. The predicted octanol–water partition coefficient (Wildman–Crippen LogP) is 3.61. The summed E-state index contributed by atoms with van der Waals surface area (Å²) in [5.41, 5.74) is 7.76. The van der Waals surface area contributed by atoms with Crippen molar-refractivity contribution in [2.24, 2.45) is 12.8 Å². The molecule has 0 saturated carbocycles. The molecule has 0 bridgehead atoms. The van der Waals surface area contributed by atoms with E-state index in [0.29, 0.717) is 28.0 Å². The molecule has 0 aliphatic rings. The van der Waals surface area contributed by atoms with Gasteiger partial charge in [-0.25, -0.2) is 13.8 Å². The molecule has 4 heterocycles. The predicted molar refractivity (Wildman–Crippen MR) is 141 cm³/mol. The summed E-state index contributed by atoms with van der Waals surface area (Å²) in [7, 11) is 1.58. The number of hydrogen-bond donors (Lipinski definition) is 3. The molecule has 0 radical (unpaired) electrons. The van der Waals surface area contributed by atoms with Crippen molar-refractivity contribution in [3.8, 4) is 35.1 Å². The molecule has 0 saturated heterocycles. The van der Waals surface area contributed by atoms with Crippen molar-refractivity contribution >= 4 is 16.9 Å². The molecule has 1 aromatic carbocycles. The van der Waals surface area contributed by atoms with Crippen LogP contribution in [0.15, 0.2) is 65.8 Å². The molecule has 4 aromatic heterocycles. The monoisotopic (exact) mass is 522 g/mol. The van der Waals surface area contributed by atoms with E-state index in [1.807, 2.05) is 0 Å². The average molecular weight is 523 g/mol. The third-order valence-corrected chi connectivity index (χ3v) is 6.21. The van der Waals surface area contributed by atoms with Gasteiger partial charge in [-0.15, -0.1) is 0 Å². The van der Waals surface area contributed by atoms with Gasteiger partial charge >= 0.3 is 0 Å². The summed E-state index contributed by atoms with van der Waals surface area (Å²) in [5, 5.41) is 7.43. The zero-order valence-corrected chi connectivity index (χ0v) is 20.5. The van der Waals surface area contributed by atoms with Gasteiger partial charge in [0.25, 0.3) is 11.5 Å². The molecule has 5 aromatic rings. The van der Waals surface area contributed by atoms with Crippen LogP contribution in [0, 0.1) is 35.3 Å². The Balaban J connectivity index is 1.52. The van der Waals surface area contributed by atoms with Crippen LogP contribution in [0.1, 0.15) is 39.4 Å². The van der Waals surface area contributed by atoms with Gasteiger partial charge in [0.15, 0.2) is 0 Å². The van der Waals surface area contributed by atoms with E-state index in [-0.39, 0.29) is 28.7 Å². The molecular weight excluding hydrogens is 502 g/mol. The number of nitrogens with two attached hydrogens (primary N) is 1. The van der Waals surface area contributed by atoms with Crippen LogP contribution in [-0.4, -0.2) is 30.6 Å². The van der Waals surface area contributed by atoms with E-state index in [1.165, 1.54) is 10.8 Å². The van der Waals surface area contributed by atoms with Crippen molar-refractivity contribution in [3.63, 3.8) is 0 Å². The smallest absolute Gasteiger partial charge is 0.254 e. The van der Waals surface area contributed by atoms with Crippen molar-refractivity contribution in [1.82, 2.24) is 24.7 Å². The highest BCUT2D eigenvalue weighted by Gasteiger charge is 2.21. The van der Waals surface area contributed by atoms with E-state index in [9.17, 15) is 18.4 Å². The Morgan fingerprint density at radius 2 is 2.00 bits per heavy atom. The van der Waals surface area contributed by atoms with Crippen molar-refractivity contribution in [1.29, 1.82) is 0 Å². The number of nitrogens with zero attached hydrogens (tertiary/aromatic N) is 3. The van der Waals surface area contributed by atoms with Crippen LogP contribution < -0.4 is 11.3 Å². The van der Waals surface area contributed by atoms with Crippen molar-refractivity contribution in [2.45, 2.75) is 12.3 Å². The van der Waals surface area contributed by atoms with E-state index >= 15 is 0 Å². The first kappa shape index (κ1) is 25.2. The SMILES string of the molecule is Cn1cccc(C(CC#CC#Cc2c(C(N)=O)cnc3[nH]c(-c4cc[nH]n4)cc23)c2cc(F)ccc2F)c1=O. The summed E-state index contributed by atoms with van der Waals surface area (Å²) in [4.78, 5) is 32.2. The number of rotatable bonds is 5. The highest BCUT2D eigenvalue weighted by molar-refractivity contribution is 6.01. The molecular formula is C29H20F2N6O2. The lowest BCUT2D eigenvalue weighted by Gasteiger charge is -2.16.